The molecule has 0 aliphatic heterocycles. The molecular weight excluding hydrogens is 765 g/mol. The van der Waals surface area contributed by atoms with Crippen molar-refractivity contribution in [3.05, 3.63) is 160 Å². The third-order valence-electron chi connectivity index (χ3n) is 10.5. The predicted molar refractivity (Wildman–Crippen MR) is 206 cm³/mol. The van der Waals surface area contributed by atoms with Crippen LogP contribution in [0.15, 0.2) is 109 Å². The molecule has 0 heterocycles. The topological polar surface area (TPSA) is 0 Å². The number of hydrogen-bond acceptors (Lipinski definition) is 0. The van der Waals surface area contributed by atoms with Crippen molar-refractivity contribution in [1.29, 1.82) is 0 Å². The third kappa shape index (κ3) is 8.81. The molecule has 3 aliphatic rings. The van der Waals surface area contributed by atoms with Crippen LogP contribution in [0.3, 0.4) is 0 Å². The molecule has 5 heteroatoms. The van der Waals surface area contributed by atoms with Crippen molar-refractivity contribution in [3.63, 3.8) is 0 Å². The Labute approximate surface area is 336 Å². The van der Waals surface area contributed by atoms with E-state index in [1.807, 2.05) is 6.08 Å². The van der Waals surface area contributed by atoms with Crippen LogP contribution in [0.2, 0.25) is 0 Å². The summed E-state index contributed by atoms with van der Waals surface area (Å²) in [4.78, 5) is 0. The van der Waals surface area contributed by atoms with Crippen LogP contribution in [0.5, 0.6) is 0 Å². The fourth-order valence-electron chi connectivity index (χ4n) is 7.29. The molecule has 0 N–H and O–H groups in total. The van der Waals surface area contributed by atoms with Gasteiger partial charge >= 0.3 is 108 Å². The Morgan fingerprint density at radius 1 is 0.692 bits per heavy atom. The van der Waals surface area contributed by atoms with Crippen molar-refractivity contribution in [2.75, 3.05) is 0 Å². The number of fused-ring (bicyclic) bond motifs is 5. The van der Waals surface area contributed by atoms with Gasteiger partial charge in [-0.3, -0.25) is 6.08 Å². The summed E-state index contributed by atoms with van der Waals surface area (Å²) in [5.41, 5.74) is 12.5. The van der Waals surface area contributed by atoms with E-state index in [1.54, 1.807) is 24.3 Å². The van der Waals surface area contributed by atoms with Gasteiger partial charge in [-0.05, 0) is 59.8 Å². The molecule has 268 valence electrons. The van der Waals surface area contributed by atoms with E-state index >= 15 is 0 Å². The van der Waals surface area contributed by atoms with Crippen molar-refractivity contribution < 1.29 is 57.8 Å². The smallest absolute Gasteiger partial charge is 1.00 e. The van der Waals surface area contributed by atoms with Crippen LogP contribution in [0.1, 0.15) is 102 Å². The van der Waals surface area contributed by atoms with Crippen molar-refractivity contribution >= 4 is 35.9 Å². The molecule has 0 nitrogen and oxygen atoms in total. The number of allylic oxidation sites excluding steroid dienone is 8. The van der Waals surface area contributed by atoms with E-state index in [2.05, 4.69) is 110 Å². The predicted octanol–water partition coefficient (Wildman–Crippen LogP) is 6.91. The molecule has 5 aromatic rings. The first-order valence-corrected chi connectivity index (χ1v) is 18.8. The first-order chi connectivity index (χ1) is 23.6. The number of rotatable bonds is 2. The Morgan fingerprint density at radius 3 is 1.42 bits per heavy atom. The molecule has 0 fully saturated rings. The zero-order chi connectivity index (χ0) is 36.0. The van der Waals surface area contributed by atoms with Gasteiger partial charge < -0.3 is 24.8 Å². The molecule has 5 aromatic carbocycles. The van der Waals surface area contributed by atoms with Crippen LogP contribution in [-0.2, 0) is 35.1 Å². The van der Waals surface area contributed by atoms with Crippen molar-refractivity contribution in [2.45, 2.75) is 79.1 Å². The molecule has 0 saturated carbocycles. The molecule has 0 spiro atoms. The van der Waals surface area contributed by atoms with Gasteiger partial charge in [-0.25, -0.2) is 11.6 Å². The quantitative estimate of drug-likeness (QED) is 0.170. The van der Waals surface area contributed by atoms with Crippen molar-refractivity contribution in [3.8, 4) is 0 Å². The van der Waals surface area contributed by atoms with Crippen LogP contribution in [0.25, 0.3) is 32.7 Å². The van der Waals surface area contributed by atoms with Crippen molar-refractivity contribution in [2.24, 2.45) is 5.92 Å². The molecule has 0 bridgehead atoms. The maximum absolute atomic E-state index is 12.8. The Morgan fingerprint density at radius 2 is 1.10 bits per heavy atom. The number of benzene rings is 4. The average molecular weight is 811 g/mol. The van der Waals surface area contributed by atoms with Crippen LogP contribution in [-0.4, -0.2) is 3.21 Å². The van der Waals surface area contributed by atoms with E-state index in [9.17, 15) is 8.78 Å². The summed E-state index contributed by atoms with van der Waals surface area (Å²) in [7, 11) is 0. The third-order valence-corrected chi connectivity index (χ3v) is 11.9. The van der Waals surface area contributed by atoms with Crippen LogP contribution in [0, 0.1) is 23.6 Å². The van der Waals surface area contributed by atoms with Crippen LogP contribution < -0.4 is 24.8 Å². The molecule has 0 radical (unpaired) electrons. The Bertz CT molecular complexity index is 2090. The summed E-state index contributed by atoms with van der Waals surface area (Å²) >= 11 is 1.22. The second-order valence-electron chi connectivity index (χ2n) is 15.5. The van der Waals surface area contributed by atoms with Gasteiger partial charge in [-0.2, -0.15) is 6.08 Å². The van der Waals surface area contributed by atoms with E-state index in [1.165, 1.54) is 109 Å². The van der Waals surface area contributed by atoms with Crippen LogP contribution in [0.4, 0.5) is 8.78 Å². The average Bonchev–Trinajstić information content (AvgIpc) is 3.65. The maximum atomic E-state index is 12.8. The molecule has 1 atom stereocenters. The fourth-order valence-corrected chi connectivity index (χ4v) is 8.11. The maximum Gasteiger partial charge on any atom is -1.00 e. The molecule has 52 heavy (non-hydrogen) atoms. The molecule has 0 amide bonds. The van der Waals surface area contributed by atoms with E-state index in [-0.39, 0.29) is 47.3 Å². The molecule has 3 aliphatic carbocycles. The zero-order valence-electron chi connectivity index (χ0n) is 31.3. The minimum Gasteiger partial charge on any atom is -1.00 e. The van der Waals surface area contributed by atoms with E-state index in [4.69, 9.17) is 0 Å². The van der Waals surface area contributed by atoms with Gasteiger partial charge in [-0.15, -0.1) is 46.7 Å². The van der Waals surface area contributed by atoms with Gasteiger partial charge in [0.1, 0.15) is 0 Å². The minimum absolute atomic E-state index is 0. The zero-order valence-corrected chi connectivity index (χ0v) is 35.3. The Kier molecular flexibility index (Phi) is 13.2. The second-order valence-corrected chi connectivity index (χ2v) is 16.7. The Balaban J connectivity index is 0.000000205. The summed E-state index contributed by atoms with van der Waals surface area (Å²) in [5, 5.41) is 5.61. The molecule has 0 aromatic heterocycles. The molecular formula is C47H46Cl2F2Zr-2. The van der Waals surface area contributed by atoms with E-state index in [0.29, 0.717) is 5.92 Å². The fraction of sp³-hybridized carbons (Fsp3) is 0.277. The number of hydrogen-bond donors (Lipinski definition) is 0. The van der Waals surface area contributed by atoms with Crippen LogP contribution >= 0.6 is 0 Å². The largest absolute Gasteiger partial charge is 1.00 e. The summed E-state index contributed by atoms with van der Waals surface area (Å²) in [6.07, 6.45) is 14.5. The molecule has 1 unspecified atom stereocenters. The van der Waals surface area contributed by atoms with E-state index in [0.717, 1.165) is 27.2 Å². The van der Waals surface area contributed by atoms with Gasteiger partial charge in [0.15, 0.2) is 0 Å². The normalized spacial score (nSPS) is 17.5. The standard InChI is InChI=1S/C27H29.C13H8F2.C7H9.2ClH.Zr/c1-16-7-9-26(3,4)24-12-18-11-19-13-25-21(17(2)8-10-27(25,5)6)15-23(19)22(18)14-20(16)24;14-12-5-1-10(2-6-12)9-11-3-7-13(15)8-4-11;1-6-3-4-7(2)5-6;;;/h7-8,11-15H,9-10H2,1-6H3;1-8H;3,5,7H,1-2H3;2*1H;/q-1;;-1;;;+2/p-2. The number of halogens is 4. The summed E-state index contributed by atoms with van der Waals surface area (Å²) in [6.45, 7) is 18.3. The SMILES string of the molecule is CC1=CC(C)[C-]=C1.CC1=CCC(C)(C)c2cc3[cH-]c4cc5c(cc4c3cc21)C(C)=CCC5(C)C.Fc1ccc([C](=[Zr+2])c2ccc(F)cc2)cc1.[Cl-].[Cl-]. The van der Waals surface area contributed by atoms with E-state index < -0.39 is 0 Å². The van der Waals surface area contributed by atoms with Gasteiger partial charge in [0, 0.05) is 0 Å². The van der Waals surface area contributed by atoms with Gasteiger partial charge in [0.25, 0.3) is 0 Å². The van der Waals surface area contributed by atoms with Gasteiger partial charge in [-0.1, -0.05) is 75.9 Å². The van der Waals surface area contributed by atoms with Gasteiger partial charge in [0.05, 0.1) is 0 Å². The second kappa shape index (κ2) is 16.5. The monoisotopic (exact) mass is 808 g/mol. The first kappa shape index (κ1) is 41.7. The molecule has 0 saturated heterocycles. The summed E-state index contributed by atoms with van der Waals surface area (Å²) in [6, 6.07) is 25.0. The summed E-state index contributed by atoms with van der Waals surface area (Å²) in [5.74, 6) is 0.0675. The summed E-state index contributed by atoms with van der Waals surface area (Å²) < 4.78 is 26.6. The minimum atomic E-state index is -0.244. The van der Waals surface area contributed by atoms with Crippen molar-refractivity contribution in [1.82, 2.24) is 0 Å². The Hall–Kier alpha value is -3.10. The van der Waals surface area contributed by atoms with Gasteiger partial charge in [0.2, 0.25) is 0 Å². The first-order valence-electron chi connectivity index (χ1n) is 17.6. The molecule has 8 rings (SSSR count).